The van der Waals surface area contributed by atoms with Crippen LogP contribution in [-0.4, -0.2) is 80.0 Å². The summed E-state index contributed by atoms with van der Waals surface area (Å²) in [6.07, 6.45) is 12.8. The summed E-state index contributed by atoms with van der Waals surface area (Å²) in [6.45, 7) is 14.2. The Labute approximate surface area is 324 Å². The fraction of sp³-hybridized carbons (Fsp3) is 0.523. The minimum Gasteiger partial charge on any atom is -0.497 e. The normalized spacial score (nSPS) is 19.6. The van der Waals surface area contributed by atoms with Crippen molar-refractivity contribution in [3.63, 3.8) is 0 Å². The van der Waals surface area contributed by atoms with Crippen molar-refractivity contribution < 1.29 is 14.3 Å². The lowest BCUT2D eigenvalue weighted by molar-refractivity contribution is 0.0630. The van der Waals surface area contributed by atoms with E-state index in [9.17, 15) is 9.59 Å². The number of methoxy groups -OCH3 is 1. The van der Waals surface area contributed by atoms with Gasteiger partial charge in [-0.15, -0.1) is 0 Å². The van der Waals surface area contributed by atoms with Crippen LogP contribution in [0.15, 0.2) is 42.6 Å². The molecule has 2 aromatic heterocycles. The quantitative estimate of drug-likeness (QED) is 0.137. The van der Waals surface area contributed by atoms with E-state index < -0.39 is 0 Å². The Balaban J connectivity index is 1.33. The molecule has 10 heteroatoms. The molecule has 2 bridgehead atoms. The molecule has 0 radical (unpaired) electrons. The van der Waals surface area contributed by atoms with Crippen molar-refractivity contribution in [2.45, 2.75) is 122 Å². The van der Waals surface area contributed by atoms with E-state index in [4.69, 9.17) is 9.84 Å². The number of nitrogens with zero attached hydrogens (tertiary/aromatic N) is 5. The van der Waals surface area contributed by atoms with Crippen LogP contribution in [0.4, 0.5) is 0 Å². The first-order valence-corrected chi connectivity index (χ1v) is 21.3. The van der Waals surface area contributed by atoms with Gasteiger partial charge in [-0.25, -0.2) is 0 Å². The highest BCUT2D eigenvalue weighted by atomic mass is 32.2. The van der Waals surface area contributed by atoms with Crippen LogP contribution in [-0.2, 0) is 6.54 Å². The van der Waals surface area contributed by atoms with Gasteiger partial charge in [-0.1, -0.05) is 53.5 Å². The predicted octanol–water partition coefficient (Wildman–Crippen LogP) is 9.18. The second-order valence-electron chi connectivity index (χ2n) is 16.1. The van der Waals surface area contributed by atoms with Crippen molar-refractivity contribution in [2.24, 2.45) is 0 Å². The van der Waals surface area contributed by atoms with Crippen LogP contribution in [0.1, 0.15) is 135 Å². The minimum absolute atomic E-state index is 0.0848. The Morgan fingerprint density at radius 3 is 2.43 bits per heavy atom. The average molecular weight is 749 g/mol. The van der Waals surface area contributed by atoms with Gasteiger partial charge in [0.05, 0.1) is 42.8 Å². The van der Waals surface area contributed by atoms with E-state index in [1.807, 2.05) is 12.3 Å². The minimum atomic E-state index is -0.0848. The maximum Gasteiger partial charge on any atom is 0.261 e. The van der Waals surface area contributed by atoms with Crippen molar-refractivity contribution in [3.05, 3.63) is 70.5 Å². The van der Waals surface area contributed by atoms with Gasteiger partial charge in [0.2, 0.25) is 0 Å². The van der Waals surface area contributed by atoms with Gasteiger partial charge < -0.3 is 14.2 Å². The van der Waals surface area contributed by atoms with E-state index in [0.29, 0.717) is 29.6 Å². The van der Waals surface area contributed by atoms with Crippen LogP contribution in [0.2, 0.25) is 0 Å². The number of rotatable bonds is 13. The number of allylic oxidation sites excluding steroid dienone is 1. The lowest BCUT2D eigenvalue weighted by Crippen LogP contribution is -2.48. The Hall–Kier alpha value is -4.02. The van der Waals surface area contributed by atoms with Crippen molar-refractivity contribution >= 4 is 46.3 Å². The van der Waals surface area contributed by atoms with E-state index in [1.165, 1.54) is 35.0 Å². The molecule has 5 heterocycles. The first-order valence-electron chi connectivity index (χ1n) is 20.4. The molecule has 286 valence electrons. The Morgan fingerprint density at radius 1 is 0.981 bits per heavy atom. The molecular formula is C44H56N6O3S. The highest BCUT2D eigenvalue weighted by Crippen LogP contribution is 2.48. The van der Waals surface area contributed by atoms with Crippen LogP contribution in [0.5, 0.6) is 5.75 Å². The number of piperazine rings is 1. The molecule has 1 N–H and O–H groups in total. The van der Waals surface area contributed by atoms with Crippen molar-refractivity contribution in [3.8, 4) is 17.0 Å². The monoisotopic (exact) mass is 748 g/mol. The first kappa shape index (κ1) is 36.9. The van der Waals surface area contributed by atoms with E-state index >= 15 is 0 Å². The van der Waals surface area contributed by atoms with Crippen LogP contribution >= 0.6 is 11.9 Å². The van der Waals surface area contributed by atoms with Crippen LogP contribution in [0.25, 0.3) is 33.8 Å². The van der Waals surface area contributed by atoms with E-state index in [2.05, 4.69) is 94.8 Å². The summed E-state index contributed by atoms with van der Waals surface area (Å²) < 4.78 is 13.5. The Morgan fingerprint density at radius 2 is 1.78 bits per heavy atom. The largest absolute Gasteiger partial charge is 0.497 e. The van der Waals surface area contributed by atoms with Crippen molar-refractivity contribution in [1.29, 1.82) is 0 Å². The molecule has 9 nitrogen and oxygen atoms in total. The number of carbonyl (C=O) groups is 2. The highest BCUT2D eigenvalue weighted by Gasteiger charge is 2.46. The zero-order chi connectivity index (χ0) is 37.7. The second kappa shape index (κ2) is 15.3. The number of likely N-dealkylation sites (tertiary alicyclic amines) is 2. The summed E-state index contributed by atoms with van der Waals surface area (Å²) in [5, 5.41) is 6.50. The molecule has 3 aliphatic heterocycles. The lowest BCUT2D eigenvalue weighted by Gasteiger charge is -2.34. The van der Waals surface area contributed by atoms with Crippen LogP contribution < -0.4 is 9.46 Å². The standard InChI is InChI=1S/C44H56N6O3S/c1-7-11-28(12-8-2)40-37-17-15-29(43(51)46-54-27(4)5)21-39(37)49-24-31(19-30-20-35(53-6)16-18-36(30)42(40)49)41-38(23-45-50(41)32-13-10-14-32)44(52)48-26-33-22-34(48)25-47(33)9-3/h15-21,23,27-28,32-34H,7-14,22,24-26H2,1-6H3,(H,46,51). The second-order valence-corrected chi connectivity index (χ2v) is 17.5. The van der Waals surface area contributed by atoms with Gasteiger partial charge in [-0.3, -0.25) is 23.9 Å². The molecule has 2 saturated heterocycles. The highest BCUT2D eigenvalue weighted by molar-refractivity contribution is 7.98. The van der Waals surface area contributed by atoms with E-state index in [0.717, 1.165) is 98.2 Å². The number of fused-ring (bicyclic) bond motifs is 7. The smallest absolute Gasteiger partial charge is 0.261 e. The number of hydrogen-bond acceptors (Lipinski definition) is 6. The zero-order valence-corrected chi connectivity index (χ0v) is 33.7. The molecular weight excluding hydrogens is 693 g/mol. The van der Waals surface area contributed by atoms with Gasteiger partial charge in [-0.2, -0.15) is 5.10 Å². The number of hydrogen-bond donors (Lipinski definition) is 1. The molecule has 2 amide bonds. The predicted molar refractivity (Wildman–Crippen MR) is 220 cm³/mol. The third-order valence-corrected chi connectivity index (χ3v) is 13.2. The number of nitrogens with one attached hydrogen (secondary N) is 1. The van der Waals surface area contributed by atoms with E-state index in [1.54, 1.807) is 7.11 Å². The number of amides is 2. The summed E-state index contributed by atoms with van der Waals surface area (Å²) in [5.74, 6) is 1.17. The molecule has 4 aliphatic rings. The molecule has 2 unspecified atom stereocenters. The number of carbonyl (C=O) groups excluding carboxylic acids is 2. The van der Waals surface area contributed by atoms with Gasteiger partial charge in [-0.05, 0) is 116 Å². The molecule has 1 saturated carbocycles. The molecule has 2 aromatic carbocycles. The molecule has 2 atom stereocenters. The maximum atomic E-state index is 14.7. The van der Waals surface area contributed by atoms with Gasteiger partial charge in [0.15, 0.2) is 0 Å². The summed E-state index contributed by atoms with van der Waals surface area (Å²) in [6, 6.07) is 13.6. The number of aromatic nitrogens is 3. The Kier molecular flexibility index (Phi) is 10.4. The van der Waals surface area contributed by atoms with Crippen molar-refractivity contribution in [1.82, 2.24) is 28.9 Å². The Bertz CT molecular complexity index is 2090. The third-order valence-electron chi connectivity index (χ3n) is 12.4. The van der Waals surface area contributed by atoms with Gasteiger partial charge in [0.25, 0.3) is 11.8 Å². The fourth-order valence-electron chi connectivity index (χ4n) is 9.58. The summed E-state index contributed by atoms with van der Waals surface area (Å²) in [5.41, 5.74) is 9.18. The zero-order valence-electron chi connectivity index (χ0n) is 32.9. The van der Waals surface area contributed by atoms with Gasteiger partial charge in [0.1, 0.15) is 5.75 Å². The number of benzene rings is 2. The molecule has 3 fully saturated rings. The topological polar surface area (TPSA) is 84.6 Å². The molecule has 1 aliphatic carbocycles. The van der Waals surface area contributed by atoms with Crippen LogP contribution in [0, 0.1) is 0 Å². The third kappa shape index (κ3) is 6.47. The molecule has 0 spiro atoms. The lowest BCUT2D eigenvalue weighted by atomic mass is 9.86. The number of likely N-dealkylation sites (N-methyl/N-ethyl adjacent to an activating group) is 1. The summed E-state index contributed by atoms with van der Waals surface area (Å²) in [4.78, 5) is 33.0. The summed E-state index contributed by atoms with van der Waals surface area (Å²) in [7, 11) is 1.72. The van der Waals surface area contributed by atoms with Gasteiger partial charge in [0, 0.05) is 52.5 Å². The summed E-state index contributed by atoms with van der Waals surface area (Å²) >= 11 is 1.44. The maximum absolute atomic E-state index is 14.7. The van der Waals surface area contributed by atoms with Gasteiger partial charge >= 0.3 is 0 Å². The fourth-order valence-corrected chi connectivity index (χ4v) is 10.0. The van der Waals surface area contributed by atoms with E-state index in [-0.39, 0.29) is 29.1 Å². The number of ether oxygens (including phenoxy) is 1. The first-order chi connectivity index (χ1) is 26.2. The molecule has 8 rings (SSSR count). The van der Waals surface area contributed by atoms with Crippen LogP contribution in [0.3, 0.4) is 0 Å². The SMILES string of the molecule is CCCC(CCC)c1c2n(c3cc(C(=O)NSC(C)C)ccc13)CC(c1c(C(=O)N3CC4CC3CN4CC)cnn1C1CCC1)=Cc1cc(OC)ccc1-2. The molecule has 54 heavy (non-hydrogen) atoms. The average Bonchev–Trinajstić information content (AvgIpc) is 3.92. The van der Waals surface area contributed by atoms with Crippen molar-refractivity contribution in [2.75, 3.05) is 26.7 Å². The molecule has 4 aromatic rings.